The lowest BCUT2D eigenvalue weighted by Crippen LogP contribution is -2.23. The number of carbonyl (C=O) groups excluding carboxylic acids is 1. The zero-order chi connectivity index (χ0) is 14.8. The van der Waals surface area contributed by atoms with Gasteiger partial charge in [0.15, 0.2) is 0 Å². The van der Waals surface area contributed by atoms with E-state index in [1.54, 1.807) is 6.92 Å². The molecule has 0 aliphatic heterocycles. The van der Waals surface area contributed by atoms with Crippen molar-refractivity contribution < 1.29 is 22.4 Å². The zero-order valence-electron chi connectivity index (χ0n) is 10.8. The van der Waals surface area contributed by atoms with Crippen molar-refractivity contribution in [2.45, 2.75) is 18.6 Å². The van der Waals surface area contributed by atoms with Crippen LogP contribution < -0.4 is 4.72 Å². The second kappa shape index (κ2) is 5.47. The minimum atomic E-state index is -3.84. The fourth-order valence-corrected chi connectivity index (χ4v) is 2.41. The second-order valence-corrected chi connectivity index (χ2v) is 5.65. The molecule has 0 saturated carbocycles. The summed E-state index contributed by atoms with van der Waals surface area (Å²) in [5.74, 6) is -0.913. The first-order chi connectivity index (χ1) is 9.44. The molecule has 0 radical (unpaired) electrons. The number of aromatic nitrogens is 2. The summed E-state index contributed by atoms with van der Waals surface area (Å²) < 4.78 is 35.7. The molecule has 0 fully saturated rings. The molecule has 0 unspecified atom stereocenters. The van der Waals surface area contributed by atoms with Crippen LogP contribution in [0.1, 0.15) is 21.8 Å². The highest BCUT2D eigenvalue weighted by molar-refractivity contribution is 7.89. The van der Waals surface area contributed by atoms with E-state index in [0.717, 1.165) is 5.69 Å². The molecule has 0 atom stereocenters. The maximum Gasteiger partial charge on any atom is 0.374 e. The summed E-state index contributed by atoms with van der Waals surface area (Å²) in [5.41, 5.74) is 1.48. The zero-order valence-corrected chi connectivity index (χ0v) is 11.7. The summed E-state index contributed by atoms with van der Waals surface area (Å²) in [5, 5.41) is 6.14. The number of sulfonamides is 1. The molecule has 0 bridgehead atoms. The summed E-state index contributed by atoms with van der Waals surface area (Å²) in [6, 6.07) is 2.43. The van der Waals surface area contributed by atoms with E-state index in [0.29, 0.717) is 5.56 Å². The largest absolute Gasteiger partial charge is 0.463 e. The Balaban J connectivity index is 2.12. The number of aryl methyl sites for hydroxylation is 1. The van der Waals surface area contributed by atoms with Gasteiger partial charge in [0.25, 0.3) is 10.0 Å². The van der Waals surface area contributed by atoms with Gasteiger partial charge in [0.2, 0.25) is 10.9 Å². The smallest absolute Gasteiger partial charge is 0.374 e. The third-order valence-electron chi connectivity index (χ3n) is 2.62. The molecule has 0 aliphatic carbocycles. The Morgan fingerprint density at radius 2 is 2.25 bits per heavy atom. The van der Waals surface area contributed by atoms with Crippen molar-refractivity contribution in [3.05, 3.63) is 35.3 Å². The molecular formula is C11H13N3O5S. The van der Waals surface area contributed by atoms with Crippen LogP contribution in [-0.2, 0) is 21.3 Å². The van der Waals surface area contributed by atoms with Gasteiger partial charge in [-0.3, -0.25) is 5.10 Å². The van der Waals surface area contributed by atoms with Crippen LogP contribution in [0, 0.1) is 6.92 Å². The predicted molar refractivity (Wildman–Crippen MR) is 67.4 cm³/mol. The summed E-state index contributed by atoms with van der Waals surface area (Å²) in [6.45, 7) is 1.85. The molecule has 0 saturated heterocycles. The van der Waals surface area contributed by atoms with Gasteiger partial charge >= 0.3 is 5.97 Å². The Kier molecular flexibility index (Phi) is 3.91. The number of nitrogens with one attached hydrogen (secondary N) is 2. The van der Waals surface area contributed by atoms with Gasteiger partial charge in [-0.15, -0.1) is 0 Å². The van der Waals surface area contributed by atoms with Crippen LogP contribution in [0.15, 0.2) is 27.8 Å². The third kappa shape index (κ3) is 2.89. The number of hydrogen-bond acceptors (Lipinski definition) is 6. The van der Waals surface area contributed by atoms with Crippen molar-refractivity contribution >= 4 is 16.0 Å². The van der Waals surface area contributed by atoms with Crippen LogP contribution in [0.5, 0.6) is 0 Å². The predicted octanol–water partition coefficient (Wildman–Crippen LogP) is 0.576. The van der Waals surface area contributed by atoms with Gasteiger partial charge in [-0.05, 0) is 19.1 Å². The number of H-pyrrole nitrogens is 1. The van der Waals surface area contributed by atoms with E-state index in [1.807, 2.05) is 0 Å². The molecule has 9 heteroatoms. The summed E-state index contributed by atoms with van der Waals surface area (Å²) in [6.07, 6.45) is 1.53. The molecule has 0 aliphatic rings. The first-order valence-electron chi connectivity index (χ1n) is 5.60. The molecule has 20 heavy (non-hydrogen) atoms. The Hall–Kier alpha value is -2.13. The topological polar surface area (TPSA) is 114 Å². The van der Waals surface area contributed by atoms with Gasteiger partial charge in [-0.1, -0.05) is 0 Å². The molecule has 8 nitrogen and oxygen atoms in total. The molecule has 2 rings (SSSR count). The van der Waals surface area contributed by atoms with Crippen molar-refractivity contribution in [2.75, 3.05) is 7.11 Å². The van der Waals surface area contributed by atoms with E-state index in [4.69, 9.17) is 4.42 Å². The van der Waals surface area contributed by atoms with Gasteiger partial charge < -0.3 is 9.15 Å². The van der Waals surface area contributed by atoms with Gasteiger partial charge in [0.05, 0.1) is 13.3 Å². The number of aromatic amines is 1. The summed E-state index contributed by atoms with van der Waals surface area (Å²) in [4.78, 5) is 11.2. The van der Waals surface area contributed by atoms with Crippen LogP contribution in [0.4, 0.5) is 0 Å². The van der Waals surface area contributed by atoms with Crippen LogP contribution in [0.3, 0.4) is 0 Å². The Morgan fingerprint density at radius 1 is 1.50 bits per heavy atom. The number of esters is 1. The SMILES string of the molecule is COC(=O)c1ccc(S(=O)(=O)NCc2cn[nH]c2C)o1. The van der Waals surface area contributed by atoms with Gasteiger partial charge in [-0.25, -0.2) is 17.9 Å². The number of furan rings is 1. The van der Waals surface area contributed by atoms with E-state index >= 15 is 0 Å². The maximum atomic E-state index is 12.0. The first kappa shape index (κ1) is 14.3. The van der Waals surface area contributed by atoms with E-state index in [9.17, 15) is 13.2 Å². The minimum Gasteiger partial charge on any atom is -0.463 e. The Bertz CT molecular complexity index is 716. The lowest BCUT2D eigenvalue weighted by atomic mass is 10.3. The number of rotatable bonds is 5. The van der Waals surface area contributed by atoms with Gasteiger partial charge in [0.1, 0.15) is 0 Å². The third-order valence-corrected chi connectivity index (χ3v) is 3.89. The van der Waals surface area contributed by atoms with Crippen LogP contribution >= 0.6 is 0 Å². The minimum absolute atomic E-state index is 0.0684. The normalized spacial score (nSPS) is 11.5. The van der Waals surface area contributed by atoms with E-state index < -0.39 is 16.0 Å². The molecule has 0 amide bonds. The molecule has 2 aromatic rings. The number of ether oxygens (including phenoxy) is 1. The van der Waals surface area contributed by atoms with Gasteiger partial charge in [0, 0.05) is 17.8 Å². The van der Waals surface area contributed by atoms with E-state index in [-0.39, 0.29) is 17.4 Å². The first-order valence-corrected chi connectivity index (χ1v) is 7.09. The lowest BCUT2D eigenvalue weighted by molar-refractivity contribution is 0.0559. The average molecular weight is 299 g/mol. The number of hydrogen-bond donors (Lipinski definition) is 2. The highest BCUT2D eigenvalue weighted by atomic mass is 32.2. The second-order valence-electron chi connectivity index (χ2n) is 3.96. The van der Waals surface area contributed by atoms with Gasteiger partial charge in [-0.2, -0.15) is 5.10 Å². The van der Waals surface area contributed by atoms with Crippen molar-refractivity contribution in [3.63, 3.8) is 0 Å². The maximum absolute atomic E-state index is 12.0. The molecule has 108 valence electrons. The van der Waals surface area contributed by atoms with Crippen LogP contribution in [-0.4, -0.2) is 31.7 Å². The Labute approximate surface area is 115 Å². The van der Waals surface area contributed by atoms with Crippen molar-refractivity contribution in [2.24, 2.45) is 0 Å². The Morgan fingerprint density at radius 3 is 2.85 bits per heavy atom. The van der Waals surface area contributed by atoms with Crippen LogP contribution in [0.2, 0.25) is 0 Å². The fraction of sp³-hybridized carbons (Fsp3) is 0.273. The molecule has 0 spiro atoms. The highest BCUT2D eigenvalue weighted by Gasteiger charge is 2.21. The highest BCUT2D eigenvalue weighted by Crippen LogP contribution is 2.15. The summed E-state index contributed by atoms with van der Waals surface area (Å²) >= 11 is 0. The number of carbonyl (C=O) groups is 1. The van der Waals surface area contributed by atoms with E-state index in [2.05, 4.69) is 19.7 Å². The molecule has 2 N–H and O–H groups in total. The lowest BCUT2D eigenvalue weighted by Gasteiger charge is -2.03. The van der Waals surface area contributed by atoms with Crippen molar-refractivity contribution in [1.82, 2.24) is 14.9 Å². The standard InChI is InChI=1S/C11H13N3O5S/c1-7-8(5-12-14-7)6-13-20(16,17)10-4-3-9(19-10)11(15)18-2/h3-5,13H,6H2,1-2H3,(H,12,14). The number of methoxy groups -OCH3 is 1. The molecule has 2 heterocycles. The monoisotopic (exact) mass is 299 g/mol. The molecule has 0 aromatic carbocycles. The van der Waals surface area contributed by atoms with Crippen molar-refractivity contribution in [3.8, 4) is 0 Å². The average Bonchev–Trinajstić information content (AvgIpc) is 3.05. The number of nitrogens with zero attached hydrogens (tertiary/aromatic N) is 1. The summed E-state index contributed by atoms with van der Waals surface area (Å²) in [7, 11) is -2.66. The molecule has 2 aromatic heterocycles. The molecular weight excluding hydrogens is 286 g/mol. The van der Waals surface area contributed by atoms with E-state index in [1.165, 1.54) is 25.4 Å². The fourth-order valence-electron chi connectivity index (χ4n) is 1.47. The van der Waals surface area contributed by atoms with Crippen LogP contribution in [0.25, 0.3) is 0 Å². The quantitative estimate of drug-likeness (QED) is 0.780. The van der Waals surface area contributed by atoms with Crippen molar-refractivity contribution in [1.29, 1.82) is 0 Å².